The molecule has 0 aliphatic rings. The number of carbonyl (C=O) groups excluding carboxylic acids is 1. The van der Waals surface area contributed by atoms with Gasteiger partial charge < -0.3 is 4.79 Å². The predicted molar refractivity (Wildman–Crippen MR) is 48.7 cm³/mol. The molecule has 64 valence electrons. The summed E-state index contributed by atoms with van der Waals surface area (Å²) in [4.78, 5) is 10.6. The summed E-state index contributed by atoms with van der Waals surface area (Å²) < 4.78 is 0. The molecule has 1 unspecified atom stereocenters. The molecule has 0 amide bonds. The van der Waals surface area contributed by atoms with Crippen molar-refractivity contribution in [3.05, 3.63) is 11.1 Å². The van der Waals surface area contributed by atoms with Gasteiger partial charge in [-0.2, -0.15) is 0 Å². The van der Waals surface area contributed by atoms with Gasteiger partial charge >= 0.3 is 0 Å². The van der Waals surface area contributed by atoms with Gasteiger partial charge in [-0.25, -0.2) is 0 Å². The van der Waals surface area contributed by atoms with Crippen LogP contribution in [0.1, 0.15) is 33.6 Å². The molecule has 0 heterocycles. The van der Waals surface area contributed by atoms with Gasteiger partial charge in [0.05, 0.1) is 0 Å². The zero-order valence-corrected chi connectivity index (χ0v) is 8.11. The molecule has 0 bridgehead atoms. The fraction of sp³-hybridized carbons (Fsp3) is 0.667. The van der Waals surface area contributed by atoms with Gasteiger partial charge in [0.2, 0.25) is 0 Å². The van der Waals surface area contributed by atoms with Crippen LogP contribution in [-0.2, 0) is 4.79 Å². The van der Waals surface area contributed by atoms with E-state index in [9.17, 15) is 4.79 Å². The molecule has 0 aliphatic carbocycles. The molecule has 0 radical (unpaired) electrons. The van der Waals surface area contributed by atoms with E-state index in [1.165, 1.54) is 5.54 Å². The van der Waals surface area contributed by atoms with Gasteiger partial charge in [0.25, 0.3) is 0 Å². The van der Waals surface area contributed by atoms with Crippen LogP contribution in [0.4, 0.5) is 0 Å². The fourth-order valence-electron chi connectivity index (χ4n) is 0.926. The summed E-state index contributed by atoms with van der Waals surface area (Å²) in [6.07, 6.45) is 2.63. The zero-order chi connectivity index (χ0) is 8.91. The van der Waals surface area contributed by atoms with E-state index in [1.807, 2.05) is 20.8 Å². The number of hydrogen-bond acceptors (Lipinski definition) is 1. The smallest absolute Gasteiger partial charge is 0.126 e. The highest BCUT2D eigenvalue weighted by molar-refractivity contribution is 6.25. The molecule has 1 atom stereocenters. The van der Waals surface area contributed by atoms with E-state index in [1.54, 1.807) is 0 Å². The summed E-state index contributed by atoms with van der Waals surface area (Å²) in [5.41, 5.74) is 2.37. The van der Waals surface area contributed by atoms with Crippen LogP contribution in [0.3, 0.4) is 0 Å². The van der Waals surface area contributed by atoms with Gasteiger partial charge in [0, 0.05) is 11.0 Å². The minimum Gasteiger partial charge on any atom is -0.303 e. The van der Waals surface area contributed by atoms with E-state index >= 15 is 0 Å². The highest BCUT2D eigenvalue weighted by Gasteiger charge is 2.20. The second-order valence-corrected chi connectivity index (χ2v) is 3.48. The van der Waals surface area contributed by atoms with E-state index in [-0.39, 0.29) is 5.41 Å². The van der Waals surface area contributed by atoms with Crippen molar-refractivity contribution in [1.82, 2.24) is 0 Å². The van der Waals surface area contributed by atoms with Crippen molar-refractivity contribution >= 4 is 17.9 Å². The van der Waals surface area contributed by atoms with Gasteiger partial charge in [-0.05, 0) is 19.8 Å². The van der Waals surface area contributed by atoms with E-state index in [4.69, 9.17) is 11.6 Å². The molecule has 0 aliphatic heterocycles. The first kappa shape index (κ1) is 10.7. The molecule has 0 fully saturated rings. The molecule has 11 heavy (non-hydrogen) atoms. The zero-order valence-electron chi connectivity index (χ0n) is 7.36. The van der Waals surface area contributed by atoms with Gasteiger partial charge in [-0.1, -0.05) is 31.0 Å². The van der Waals surface area contributed by atoms with Crippen LogP contribution in [0.15, 0.2) is 11.1 Å². The van der Waals surface area contributed by atoms with Crippen molar-refractivity contribution in [1.29, 1.82) is 0 Å². The highest BCUT2D eigenvalue weighted by atomic mass is 35.5. The molecule has 0 saturated carbocycles. The topological polar surface area (TPSA) is 17.1 Å². The Hall–Kier alpha value is -0.300. The van der Waals surface area contributed by atoms with Crippen molar-refractivity contribution in [3.8, 4) is 0 Å². The Morgan fingerprint density at radius 1 is 1.64 bits per heavy atom. The average Bonchev–Trinajstić information content (AvgIpc) is 2.04. The highest BCUT2D eigenvalue weighted by Crippen LogP contribution is 2.26. The lowest BCUT2D eigenvalue weighted by molar-refractivity contribution is -0.115. The summed E-state index contributed by atoms with van der Waals surface area (Å²) in [6, 6.07) is 0. The van der Waals surface area contributed by atoms with E-state index < -0.39 is 0 Å². The van der Waals surface area contributed by atoms with Gasteiger partial charge in [-0.3, -0.25) is 0 Å². The van der Waals surface area contributed by atoms with Crippen LogP contribution in [0.5, 0.6) is 0 Å². The summed E-state index contributed by atoms with van der Waals surface area (Å²) in [5, 5.41) is 0. The molecule has 0 aromatic heterocycles. The van der Waals surface area contributed by atoms with E-state index in [0.717, 1.165) is 24.7 Å². The summed E-state index contributed by atoms with van der Waals surface area (Å²) in [5.74, 6) is 0. The molecule has 0 N–H and O–H groups in total. The maximum atomic E-state index is 10.6. The lowest BCUT2D eigenvalue weighted by atomic mass is 9.83. The average molecular weight is 175 g/mol. The molecule has 0 saturated heterocycles. The monoisotopic (exact) mass is 174 g/mol. The Kier molecular flexibility index (Phi) is 4.43. The summed E-state index contributed by atoms with van der Waals surface area (Å²) >= 11 is 5.49. The minimum atomic E-state index is -0.227. The number of halogens is 1. The normalized spacial score (nSPS) is 17.6. The van der Waals surface area contributed by atoms with E-state index in [0.29, 0.717) is 0 Å². The van der Waals surface area contributed by atoms with Crippen LogP contribution in [0.25, 0.3) is 0 Å². The first-order valence-electron chi connectivity index (χ1n) is 3.80. The van der Waals surface area contributed by atoms with Crippen molar-refractivity contribution < 1.29 is 4.79 Å². The molecular weight excluding hydrogens is 160 g/mol. The third kappa shape index (κ3) is 3.57. The quantitative estimate of drug-likeness (QED) is 0.599. The first-order chi connectivity index (χ1) is 5.08. The van der Waals surface area contributed by atoms with Crippen LogP contribution in [0, 0.1) is 5.41 Å². The number of hydrogen-bond donors (Lipinski definition) is 0. The van der Waals surface area contributed by atoms with Crippen molar-refractivity contribution in [3.63, 3.8) is 0 Å². The largest absolute Gasteiger partial charge is 0.303 e. The number of allylic oxidation sites excluding steroid dienone is 1. The first-order valence-corrected chi connectivity index (χ1v) is 4.24. The predicted octanol–water partition coefficient (Wildman–Crippen LogP) is 3.13. The third-order valence-electron chi connectivity index (χ3n) is 1.96. The third-order valence-corrected chi connectivity index (χ3v) is 2.33. The maximum absolute atomic E-state index is 10.6. The molecule has 0 spiro atoms. The number of carbonyl (C=O) groups is 1. The molecule has 2 heteroatoms. The Morgan fingerprint density at radius 3 is 2.45 bits per heavy atom. The molecule has 1 nitrogen and oxygen atoms in total. The molecule has 0 aromatic rings. The molecule has 0 rings (SSSR count). The SMILES string of the molecule is CCC(C)(C=O)C/C(C)=C/Cl. The van der Waals surface area contributed by atoms with Gasteiger partial charge in [-0.15, -0.1) is 0 Å². The Morgan fingerprint density at radius 2 is 2.18 bits per heavy atom. The van der Waals surface area contributed by atoms with Crippen molar-refractivity contribution in [2.45, 2.75) is 33.6 Å². The maximum Gasteiger partial charge on any atom is 0.126 e. The molecule has 0 aromatic carbocycles. The second kappa shape index (κ2) is 4.55. The number of rotatable bonds is 4. The molecular formula is C9H15ClO. The van der Waals surface area contributed by atoms with Gasteiger partial charge in [0.1, 0.15) is 6.29 Å². The van der Waals surface area contributed by atoms with Crippen LogP contribution < -0.4 is 0 Å². The van der Waals surface area contributed by atoms with Crippen molar-refractivity contribution in [2.75, 3.05) is 0 Å². The minimum absolute atomic E-state index is 0.227. The number of aldehydes is 1. The summed E-state index contributed by atoms with van der Waals surface area (Å²) in [6.45, 7) is 5.89. The Balaban J connectivity index is 4.19. The van der Waals surface area contributed by atoms with E-state index in [2.05, 4.69) is 0 Å². The Bertz CT molecular complexity index is 163. The van der Waals surface area contributed by atoms with Crippen LogP contribution in [0.2, 0.25) is 0 Å². The summed E-state index contributed by atoms with van der Waals surface area (Å²) in [7, 11) is 0. The van der Waals surface area contributed by atoms with Gasteiger partial charge in [0.15, 0.2) is 0 Å². The lowest BCUT2D eigenvalue weighted by Gasteiger charge is -2.20. The second-order valence-electron chi connectivity index (χ2n) is 3.26. The van der Waals surface area contributed by atoms with Crippen LogP contribution in [-0.4, -0.2) is 6.29 Å². The lowest BCUT2D eigenvalue weighted by Crippen LogP contribution is -2.16. The standard InChI is InChI=1S/C9H15ClO/c1-4-9(3,7-11)5-8(2)6-10/h6-7H,4-5H2,1-3H3/b8-6+. The Labute approximate surface area is 73.4 Å². The fourth-order valence-corrected chi connectivity index (χ4v) is 1.00. The van der Waals surface area contributed by atoms with Crippen LogP contribution >= 0.6 is 11.6 Å². The van der Waals surface area contributed by atoms with Crippen molar-refractivity contribution in [2.24, 2.45) is 5.41 Å².